The number of amides is 1. The lowest BCUT2D eigenvalue weighted by atomic mass is 10.1. The maximum Gasteiger partial charge on any atom is 0.410 e. The molecule has 5 N–H and O–H groups in total. The average Bonchev–Trinajstić information content (AvgIpc) is 2.86. The van der Waals surface area contributed by atoms with Gasteiger partial charge in [0.05, 0.1) is 35.1 Å². The number of carbonyl (C=O) groups excluding carboxylic acids is 1. The summed E-state index contributed by atoms with van der Waals surface area (Å²) in [5.41, 5.74) is 11.2. The highest BCUT2D eigenvalue weighted by molar-refractivity contribution is 6.35. The van der Waals surface area contributed by atoms with Crippen LogP contribution in [0.1, 0.15) is 51.5 Å². The number of benzene rings is 1. The van der Waals surface area contributed by atoms with Crippen molar-refractivity contribution in [2.24, 2.45) is 0 Å². The molecule has 1 amide bonds. The Balaban J connectivity index is 1.77. The fraction of sp³-hybridized carbons (Fsp3) is 0.440. The van der Waals surface area contributed by atoms with E-state index in [1.54, 1.807) is 23.1 Å². The van der Waals surface area contributed by atoms with E-state index in [2.05, 4.69) is 15.3 Å². The van der Waals surface area contributed by atoms with Crippen LogP contribution in [0, 0.1) is 11.3 Å². The predicted molar refractivity (Wildman–Crippen MR) is 149 cm³/mol. The summed E-state index contributed by atoms with van der Waals surface area (Å²) in [5, 5.41) is 15.2. The molecule has 1 aliphatic heterocycles. The van der Waals surface area contributed by atoms with E-state index in [-0.39, 0.29) is 39.1 Å². The van der Waals surface area contributed by atoms with Crippen molar-refractivity contribution in [1.29, 1.82) is 5.26 Å². The monoisotopic (exact) mass is 554 g/mol. The molecule has 2 aromatic heterocycles. The number of nitrogens with two attached hydrogens (primary N) is 2. The smallest absolute Gasteiger partial charge is 0.410 e. The van der Waals surface area contributed by atoms with E-state index >= 15 is 0 Å². The summed E-state index contributed by atoms with van der Waals surface area (Å²) in [7, 11) is 0. The van der Waals surface area contributed by atoms with Crippen molar-refractivity contribution >= 4 is 46.2 Å². The summed E-state index contributed by atoms with van der Waals surface area (Å²) in [4.78, 5) is 41.0. The Hall–Kier alpha value is -4.31. The van der Waals surface area contributed by atoms with E-state index in [4.69, 9.17) is 32.8 Å². The topological polar surface area (TPSA) is 181 Å². The number of nitrogen functional groups attached to an aromatic ring is 2. The molecule has 1 aromatic carbocycles. The third kappa shape index (κ3) is 5.75. The van der Waals surface area contributed by atoms with Gasteiger partial charge in [0, 0.05) is 13.1 Å². The van der Waals surface area contributed by atoms with E-state index in [1.165, 1.54) is 4.68 Å². The number of nitrogens with zero attached hydrogens (tertiary/aromatic N) is 7. The van der Waals surface area contributed by atoms with Gasteiger partial charge in [0.1, 0.15) is 23.1 Å². The lowest BCUT2D eigenvalue weighted by molar-refractivity contribution is 0.0231. The minimum atomic E-state index is -0.618. The van der Waals surface area contributed by atoms with Crippen LogP contribution in [-0.4, -0.2) is 62.4 Å². The number of nitrogens with one attached hydrogen (secondary N) is 1. The van der Waals surface area contributed by atoms with Crippen LogP contribution in [-0.2, 0) is 4.74 Å². The molecule has 3 aromatic rings. The van der Waals surface area contributed by atoms with E-state index in [0.29, 0.717) is 43.9 Å². The largest absolute Gasteiger partial charge is 0.444 e. The van der Waals surface area contributed by atoms with Gasteiger partial charge in [-0.2, -0.15) is 15.2 Å². The van der Waals surface area contributed by atoms with Gasteiger partial charge in [-0.1, -0.05) is 24.6 Å². The SMILES string of the molecule is CCC(Nc1nc(N)nc(N)c1C#N)c1nc2cccc(Cl)c2c(=O)n1N1CCN(C(=O)OC(C)(C)C)CC1. The number of hydrogen-bond acceptors (Lipinski definition) is 11. The van der Waals surface area contributed by atoms with Crippen LogP contribution in [0.25, 0.3) is 10.9 Å². The fourth-order valence-corrected chi connectivity index (χ4v) is 4.58. The molecule has 14 heteroatoms. The zero-order chi connectivity index (χ0) is 28.5. The van der Waals surface area contributed by atoms with Crippen LogP contribution in [0.3, 0.4) is 0 Å². The Labute approximate surface area is 230 Å². The number of anilines is 3. The number of halogens is 1. The highest BCUT2D eigenvalue weighted by atomic mass is 35.5. The summed E-state index contributed by atoms with van der Waals surface area (Å²) in [6.07, 6.45) is 0.0518. The van der Waals surface area contributed by atoms with Crippen LogP contribution >= 0.6 is 11.6 Å². The number of carbonyl (C=O) groups is 1. The van der Waals surface area contributed by atoms with E-state index in [9.17, 15) is 14.9 Å². The third-order valence-electron chi connectivity index (χ3n) is 6.14. The fourth-order valence-electron chi connectivity index (χ4n) is 4.33. The van der Waals surface area contributed by atoms with Crippen LogP contribution in [0.5, 0.6) is 0 Å². The van der Waals surface area contributed by atoms with Crippen molar-refractivity contribution in [3.05, 3.63) is 45.0 Å². The second-order valence-electron chi connectivity index (χ2n) is 10.0. The Bertz CT molecular complexity index is 1500. The second-order valence-corrected chi connectivity index (χ2v) is 10.5. The van der Waals surface area contributed by atoms with Crippen molar-refractivity contribution in [2.45, 2.75) is 45.8 Å². The van der Waals surface area contributed by atoms with Crippen molar-refractivity contribution in [3.63, 3.8) is 0 Å². The van der Waals surface area contributed by atoms with Crippen molar-refractivity contribution in [2.75, 3.05) is 48.0 Å². The molecule has 13 nitrogen and oxygen atoms in total. The molecule has 1 atom stereocenters. The average molecular weight is 555 g/mol. The number of rotatable bonds is 5. The van der Waals surface area contributed by atoms with Crippen molar-refractivity contribution < 1.29 is 9.53 Å². The van der Waals surface area contributed by atoms with Gasteiger partial charge in [0.15, 0.2) is 11.6 Å². The first kappa shape index (κ1) is 27.7. The quantitative estimate of drug-likeness (QED) is 0.421. The predicted octanol–water partition coefficient (Wildman–Crippen LogP) is 2.63. The van der Waals surface area contributed by atoms with Gasteiger partial charge in [0.2, 0.25) is 5.95 Å². The first-order chi connectivity index (χ1) is 18.4. The first-order valence-corrected chi connectivity index (χ1v) is 12.8. The molecule has 1 unspecified atom stereocenters. The zero-order valence-corrected chi connectivity index (χ0v) is 23.0. The van der Waals surface area contributed by atoms with E-state index < -0.39 is 17.7 Å². The highest BCUT2D eigenvalue weighted by Gasteiger charge is 2.30. The maximum absolute atomic E-state index is 13.9. The molecule has 0 radical (unpaired) electrons. The minimum Gasteiger partial charge on any atom is -0.444 e. The van der Waals surface area contributed by atoms with Gasteiger partial charge in [-0.25, -0.2) is 14.5 Å². The van der Waals surface area contributed by atoms with E-state index in [0.717, 1.165) is 0 Å². The minimum absolute atomic E-state index is 0.0337. The molecule has 0 bridgehead atoms. The van der Waals surface area contributed by atoms with Crippen molar-refractivity contribution in [3.8, 4) is 6.07 Å². The Morgan fingerprint density at radius 2 is 1.90 bits per heavy atom. The summed E-state index contributed by atoms with van der Waals surface area (Å²) < 4.78 is 6.99. The molecule has 4 rings (SSSR count). The van der Waals surface area contributed by atoms with Gasteiger partial charge in [-0.05, 0) is 39.3 Å². The number of hydrogen-bond donors (Lipinski definition) is 3. The molecule has 3 heterocycles. The van der Waals surface area contributed by atoms with Crippen LogP contribution in [0.15, 0.2) is 23.0 Å². The second kappa shape index (κ2) is 10.8. The summed E-state index contributed by atoms with van der Waals surface area (Å²) >= 11 is 6.43. The van der Waals surface area contributed by atoms with Crippen LogP contribution in [0.2, 0.25) is 5.02 Å². The standard InChI is InChI=1S/C25H31ClN10O3/c1-5-16(30-20-14(13-27)19(28)32-23(29)33-20)21-31-17-8-6-7-15(26)18(17)22(37)36(21)35-11-9-34(10-12-35)24(38)39-25(2,3)4/h6-8,16H,5,9-12H2,1-4H3,(H5,28,29,30,32,33). The van der Waals surface area contributed by atoms with Gasteiger partial charge in [0.25, 0.3) is 5.56 Å². The van der Waals surface area contributed by atoms with Crippen molar-refractivity contribution in [1.82, 2.24) is 24.5 Å². The number of piperazine rings is 1. The molecular formula is C25H31ClN10O3. The van der Waals surface area contributed by atoms with Gasteiger partial charge in [-0.3, -0.25) is 4.79 Å². The first-order valence-electron chi connectivity index (χ1n) is 12.5. The van der Waals surface area contributed by atoms with E-state index in [1.807, 2.05) is 38.8 Å². The molecule has 1 fully saturated rings. The molecule has 0 spiro atoms. The molecule has 206 valence electrons. The van der Waals surface area contributed by atoms with Crippen LogP contribution < -0.4 is 27.4 Å². The summed E-state index contributed by atoms with van der Waals surface area (Å²) in [5.74, 6) is 0.354. The number of aromatic nitrogens is 4. The molecule has 39 heavy (non-hydrogen) atoms. The number of nitriles is 1. The molecular weight excluding hydrogens is 524 g/mol. The maximum atomic E-state index is 13.9. The Morgan fingerprint density at radius 3 is 2.51 bits per heavy atom. The zero-order valence-electron chi connectivity index (χ0n) is 22.2. The van der Waals surface area contributed by atoms with Crippen LogP contribution in [0.4, 0.5) is 22.4 Å². The lowest BCUT2D eigenvalue weighted by Gasteiger charge is -2.38. The van der Waals surface area contributed by atoms with Gasteiger partial charge in [-0.15, -0.1) is 0 Å². The highest BCUT2D eigenvalue weighted by Crippen LogP contribution is 2.27. The molecule has 1 saturated heterocycles. The Morgan fingerprint density at radius 1 is 1.21 bits per heavy atom. The molecule has 1 aliphatic rings. The molecule has 0 saturated carbocycles. The molecule has 0 aliphatic carbocycles. The summed E-state index contributed by atoms with van der Waals surface area (Å²) in [6.45, 7) is 8.70. The summed E-state index contributed by atoms with van der Waals surface area (Å²) in [6, 6.07) is 6.49. The normalized spacial score (nSPS) is 14.7. The third-order valence-corrected chi connectivity index (χ3v) is 6.45. The number of ether oxygens (including phenoxy) is 1. The van der Waals surface area contributed by atoms with Gasteiger partial charge < -0.3 is 31.4 Å². The van der Waals surface area contributed by atoms with Gasteiger partial charge >= 0.3 is 6.09 Å². The lowest BCUT2D eigenvalue weighted by Crippen LogP contribution is -2.57. The Kier molecular flexibility index (Phi) is 7.69. The number of fused-ring (bicyclic) bond motifs is 1.